The maximum Gasteiger partial charge on any atom is 0.179 e. The minimum absolute atomic E-state index is 0.335. The van der Waals surface area contributed by atoms with Crippen LogP contribution in [0.2, 0.25) is 0 Å². The number of piperidine rings is 1. The largest absolute Gasteiger partial charge is 0.355 e. The Balaban J connectivity index is 2.25. The zero-order valence-corrected chi connectivity index (χ0v) is 13.7. The van der Waals surface area contributed by atoms with Crippen LogP contribution in [-0.2, 0) is 9.84 Å². The minimum Gasteiger partial charge on any atom is -0.355 e. The third kappa shape index (κ3) is 4.41. The van der Waals surface area contributed by atoms with E-state index in [0.717, 1.165) is 32.6 Å². The molecule has 1 fully saturated rings. The van der Waals surface area contributed by atoms with Crippen LogP contribution in [0.1, 0.15) is 26.2 Å². The average Bonchev–Trinajstić information content (AvgIpc) is 2.47. The third-order valence-electron chi connectivity index (χ3n) is 3.82. The molecule has 0 bridgehead atoms. The van der Waals surface area contributed by atoms with Crippen LogP contribution in [-0.4, -0.2) is 45.8 Å². The SMILES string of the molecule is CCCN(CC1CCCNC1)c1ncccc1S(C)(=O)=O. The first-order chi connectivity index (χ1) is 10.0. The molecule has 0 amide bonds. The Morgan fingerprint density at radius 3 is 2.90 bits per heavy atom. The van der Waals surface area contributed by atoms with Crippen molar-refractivity contribution in [3.8, 4) is 0 Å². The monoisotopic (exact) mass is 311 g/mol. The van der Waals surface area contributed by atoms with Gasteiger partial charge in [0.2, 0.25) is 0 Å². The molecule has 0 saturated carbocycles. The Labute approximate surface area is 127 Å². The molecule has 1 saturated heterocycles. The molecule has 6 heteroatoms. The molecular formula is C15H25N3O2S. The summed E-state index contributed by atoms with van der Waals surface area (Å²) in [5, 5.41) is 3.41. The van der Waals surface area contributed by atoms with E-state index < -0.39 is 9.84 Å². The first-order valence-corrected chi connectivity index (χ1v) is 9.52. The van der Waals surface area contributed by atoms with E-state index in [0.29, 0.717) is 16.6 Å². The Bertz CT molecular complexity index is 554. The summed E-state index contributed by atoms with van der Waals surface area (Å²) in [6.07, 6.45) is 6.27. The van der Waals surface area contributed by atoms with E-state index >= 15 is 0 Å². The molecule has 5 nitrogen and oxygen atoms in total. The van der Waals surface area contributed by atoms with Gasteiger partial charge in [0.1, 0.15) is 10.7 Å². The smallest absolute Gasteiger partial charge is 0.179 e. The van der Waals surface area contributed by atoms with Crippen molar-refractivity contribution < 1.29 is 8.42 Å². The molecule has 0 aromatic carbocycles. The van der Waals surface area contributed by atoms with Gasteiger partial charge in [-0.05, 0) is 50.4 Å². The van der Waals surface area contributed by atoms with Crippen LogP contribution in [0.25, 0.3) is 0 Å². The summed E-state index contributed by atoms with van der Waals surface area (Å²) in [5.41, 5.74) is 0. The lowest BCUT2D eigenvalue weighted by atomic mass is 9.99. The zero-order valence-electron chi connectivity index (χ0n) is 12.9. The second kappa shape index (κ2) is 7.22. The van der Waals surface area contributed by atoms with Gasteiger partial charge in [-0.25, -0.2) is 13.4 Å². The Hall–Kier alpha value is -1.14. The number of rotatable bonds is 6. The fraction of sp³-hybridized carbons (Fsp3) is 0.667. The average molecular weight is 311 g/mol. The zero-order chi connectivity index (χ0) is 15.3. The number of aromatic nitrogens is 1. The molecule has 0 spiro atoms. The third-order valence-corrected chi connectivity index (χ3v) is 4.94. The van der Waals surface area contributed by atoms with Crippen LogP contribution < -0.4 is 10.2 Å². The lowest BCUT2D eigenvalue weighted by Gasteiger charge is -2.31. The van der Waals surface area contributed by atoms with E-state index in [2.05, 4.69) is 22.1 Å². The van der Waals surface area contributed by atoms with E-state index in [1.165, 1.54) is 19.1 Å². The van der Waals surface area contributed by atoms with Gasteiger partial charge in [-0.2, -0.15) is 0 Å². The number of sulfone groups is 1. The van der Waals surface area contributed by atoms with Crippen molar-refractivity contribution in [2.24, 2.45) is 5.92 Å². The first-order valence-electron chi connectivity index (χ1n) is 7.63. The van der Waals surface area contributed by atoms with Crippen LogP contribution in [0.3, 0.4) is 0 Å². The molecule has 0 aliphatic carbocycles. The van der Waals surface area contributed by atoms with Crippen LogP contribution in [0.15, 0.2) is 23.2 Å². The summed E-state index contributed by atoms with van der Waals surface area (Å²) < 4.78 is 24.0. The molecule has 1 atom stereocenters. The summed E-state index contributed by atoms with van der Waals surface area (Å²) in [6.45, 7) is 5.88. The summed E-state index contributed by atoms with van der Waals surface area (Å²) in [4.78, 5) is 6.82. The predicted octanol–water partition coefficient (Wildman–Crippen LogP) is 1.70. The molecule has 0 radical (unpaired) electrons. The van der Waals surface area contributed by atoms with E-state index in [4.69, 9.17) is 0 Å². The van der Waals surface area contributed by atoms with Crippen LogP contribution >= 0.6 is 0 Å². The highest BCUT2D eigenvalue weighted by Crippen LogP contribution is 2.24. The highest BCUT2D eigenvalue weighted by molar-refractivity contribution is 7.90. The maximum atomic E-state index is 12.0. The van der Waals surface area contributed by atoms with E-state index in [9.17, 15) is 8.42 Å². The van der Waals surface area contributed by atoms with Gasteiger partial charge in [-0.1, -0.05) is 6.92 Å². The molecule has 1 N–H and O–H groups in total. The van der Waals surface area contributed by atoms with Crippen molar-refractivity contribution in [3.05, 3.63) is 18.3 Å². The summed E-state index contributed by atoms with van der Waals surface area (Å²) in [7, 11) is -3.26. The van der Waals surface area contributed by atoms with Crippen molar-refractivity contribution in [3.63, 3.8) is 0 Å². The quantitative estimate of drug-likeness (QED) is 0.866. The van der Waals surface area contributed by atoms with Crippen molar-refractivity contribution in [2.75, 3.05) is 37.3 Å². The lowest BCUT2D eigenvalue weighted by Crippen LogP contribution is -2.39. The second-order valence-electron chi connectivity index (χ2n) is 5.76. The number of anilines is 1. The molecule has 21 heavy (non-hydrogen) atoms. The molecule has 2 rings (SSSR count). The van der Waals surface area contributed by atoms with Gasteiger partial charge in [0.25, 0.3) is 0 Å². The Morgan fingerprint density at radius 1 is 1.48 bits per heavy atom. The van der Waals surface area contributed by atoms with Gasteiger partial charge >= 0.3 is 0 Å². The number of pyridine rings is 1. The maximum absolute atomic E-state index is 12.0. The summed E-state index contributed by atoms with van der Waals surface area (Å²) in [6, 6.07) is 3.34. The molecule has 1 aliphatic heterocycles. The van der Waals surface area contributed by atoms with E-state index in [1.807, 2.05) is 0 Å². The van der Waals surface area contributed by atoms with Gasteiger partial charge in [-0.15, -0.1) is 0 Å². The van der Waals surface area contributed by atoms with E-state index in [-0.39, 0.29) is 0 Å². The molecule has 2 heterocycles. The number of hydrogen-bond donors (Lipinski definition) is 1. The van der Waals surface area contributed by atoms with Gasteiger partial charge < -0.3 is 10.2 Å². The van der Waals surface area contributed by atoms with Gasteiger partial charge in [0.05, 0.1) is 0 Å². The van der Waals surface area contributed by atoms with Crippen molar-refractivity contribution in [1.29, 1.82) is 0 Å². The topological polar surface area (TPSA) is 62.3 Å². The molecule has 1 unspecified atom stereocenters. The Morgan fingerprint density at radius 2 is 2.29 bits per heavy atom. The number of nitrogens with one attached hydrogen (secondary N) is 1. The van der Waals surface area contributed by atoms with Crippen LogP contribution in [0, 0.1) is 5.92 Å². The molecule has 1 aliphatic rings. The molecule has 118 valence electrons. The fourth-order valence-electron chi connectivity index (χ4n) is 2.85. The van der Waals surface area contributed by atoms with Crippen molar-refractivity contribution in [1.82, 2.24) is 10.3 Å². The van der Waals surface area contributed by atoms with Crippen molar-refractivity contribution in [2.45, 2.75) is 31.1 Å². The molecular weight excluding hydrogens is 286 g/mol. The second-order valence-corrected chi connectivity index (χ2v) is 7.74. The number of nitrogens with zero attached hydrogens (tertiary/aromatic N) is 2. The van der Waals surface area contributed by atoms with Gasteiger partial charge in [0.15, 0.2) is 9.84 Å². The summed E-state index contributed by atoms with van der Waals surface area (Å²) in [5.74, 6) is 1.16. The summed E-state index contributed by atoms with van der Waals surface area (Å²) >= 11 is 0. The Kier molecular flexibility index (Phi) is 5.58. The van der Waals surface area contributed by atoms with E-state index in [1.54, 1.807) is 18.3 Å². The fourth-order valence-corrected chi connectivity index (χ4v) is 3.69. The molecule has 1 aromatic heterocycles. The van der Waals surface area contributed by atoms with Gasteiger partial charge in [-0.3, -0.25) is 0 Å². The van der Waals surface area contributed by atoms with Gasteiger partial charge in [0, 0.05) is 25.5 Å². The molecule has 1 aromatic rings. The first kappa shape index (κ1) is 16.2. The number of hydrogen-bond acceptors (Lipinski definition) is 5. The standard InChI is InChI=1S/C15H25N3O2S/c1-3-10-18(12-13-6-4-8-16-11-13)15-14(21(2,19)20)7-5-9-17-15/h5,7,9,13,16H,3-4,6,8,10-12H2,1-2H3. The normalized spacial score (nSPS) is 19.4. The minimum atomic E-state index is -3.26. The van der Waals surface area contributed by atoms with Crippen molar-refractivity contribution >= 4 is 15.7 Å². The predicted molar refractivity (Wildman–Crippen MR) is 85.4 cm³/mol. The lowest BCUT2D eigenvalue weighted by molar-refractivity contribution is 0.375. The highest BCUT2D eigenvalue weighted by Gasteiger charge is 2.22. The van der Waals surface area contributed by atoms with Crippen LogP contribution in [0.5, 0.6) is 0 Å². The van der Waals surface area contributed by atoms with Crippen LogP contribution in [0.4, 0.5) is 5.82 Å². The highest BCUT2D eigenvalue weighted by atomic mass is 32.2.